The van der Waals surface area contributed by atoms with Crippen LogP contribution < -0.4 is 5.56 Å². The summed E-state index contributed by atoms with van der Waals surface area (Å²) in [6.45, 7) is 2.51. The Morgan fingerprint density at radius 3 is 2.16 bits per heavy atom. The first-order valence-corrected chi connectivity index (χ1v) is 13.2. The Morgan fingerprint density at radius 2 is 1.58 bits per heavy atom. The number of benzene rings is 3. The van der Waals surface area contributed by atoms with Gasteiger partial charge in [0.1, 0.15) is 0 Å². The molecule has 2 amide bonds. The molecule has 196 valence electrons. The minimum atomic E-state index is -0.563. The van der Waals surface area contributed by atoms with E-state index in [4.69, 9.17) is 16.3 Å². The van der Waals surface area contributed by atoms with Gasteiger partial charge in [-0.3, -0.25) is 9.36 Å². The molecule has 1 aliphatic heterocycles. The van der Waals surface area contributed by atoms with E-state index in [1.54, 1.807) is 36.2 Å². The standard InChI is InChI=1S/C30H31ClN4O3/c1-38-30(21-35-22-32-27-18-25(31)12-13-26(27)28(35)36)14-16-33(17-15-30)29(37)34(19-23-8-4-2-5-9-23)20-24-10-6-3-7-11-24/h2-13,18,22H,14-17,19-21H2,1H3. The topological polar surface area (TPSA) is 67.7 Å². The van der Waals surface area contributed by atoms with Gasteiger partial charge in [0.25, 0.3) is 5.56 Å². The van der Waals surface area contributed by atoms with Gasteiger partial charge in [-0.2, -0.15) is 0 Å². The maximum atomic E-state index is 13.7. The van der Waals surface area contributed by atoms with Crippen LogP contribution in [-0.4, -0.2) is 51.2 Å². The van der Waals surface area contributed by atoms with Crippen molar-refractivity contribution in [3.8, 4) is 0 Å². The van der Waals surface area contributed by atoms with Gasteiger partial charge in [-0.25, -0.2) is 9.78 Å². The summed E-state index contributed by atoms with van der Waals surface area (Å²) < 4.78 is 7.59. The lowest BCUT2D eigenvalue weighted by molar-refractivity contribution is -0.0643. The summed E-state index contributed by atoms with van der Waals surface area (Å²) in [5, 5.41) is 1.06. The first-order chi connectivity index (χ1) is 18.5. The first kappa shape index (κ1) is 25.9. The van der Waals surface area contributed by atoms with Crippen molar-refractivity contribution in [3.63, 3.8) is 0 Å². The highest BCUT2D eigenvalue weighted by atomic mass is 35.5. The quantitative estimate of drug-likeness (QED) is 0.323. The van der Waals surface area contributed by atoms with Gasteiger partial charge in [0.2, 0.25) is 0 Å². The van der Waals surface area contributed by atoms with Gasteiger partial charge in [-0.15, -0.1) is 0 Å². The second-order valence-electron chi connectivity index (χ2n) is 9.82. The molecule has 1 fully saturated rings. The number of aromatic nitrogens is 2. The fourth-order valence-electron chi connectivity index (χ4n) is 5.09. The van der Waals surface area contributed by atoms with Crippen LogP contribution >= 0.6 is 11.6 Å². The Hall–Kier alpha value is -3.68. The van der Waals surface area contributed by atoms with E-state index in [-0.39, 0.29) is 11.6 Å². The number of piperidine rings is 1. The third-order valence-corrected chi connectivity index (χ3v) is 7.56. The van der Waals surface area contributed by atoms with E-state index in [1.807, 2.05) is 70.5 Å². The molecular formula is C30H31ClN4O3. The molecule has 1 aliphatic rings. The van der Waals surface area contributed by atoms with E-state index in [9.17, 15) is 9.59 Å². The molecule has 8 heteroatoms. The SMILES string of the molecule is COC1(Cn2cnc3cc(Cl)ccc3c2=O)CCN(C(=O)N(Cc2ccccc2)Cc2ccccc2)CC1. The minimum absolute atomic E-state index is 0.00354. The Labute approximate surface area is 227 Å². The summed E-state index contributed by atoms with van der Waals surface area (Å²) in [7, 11) is 1.67. The summed E-state index contributed by atoms with van der Waals surface area (Å²) in [5.74, 6) is 0. The average Bonchev–Trinajstić information content (AvgIpc) is 2.95. The molecule has 0 unspecified atom stereocenters. The molecule has 0 N–H and O–H groups in total. The zero-order valence-corrected chi connectivity index (χ0v) is 22.2. The lowest BCUT2D eigenvalue weighted by atomic mass is 9.91. The number of nitrogens with zero attached hydrogens (tertiary/aromatic N) is 4. The predicted octanol–water partition coefficient (Wildman–Crippen LogP) is 5.35. The van der Waals surface area contributed by atoms with Crippen molar-refractivity contribution in [1.29, 1.82) is 0 Å². The smallest absolute Gasteiger partial charge is 0.320 e. The monoisotopic (exact) mass is 530 g/mol. The Balaban J connectivity index is 1.31. The highest BCUT2D eigenvalue weighted by Gasteiger charge is 2.38. The summed E-state index contributed by atoms with van der Waals surface area (Å²) in [4.78, 5) is 35.1. The van der Waals surface area contributed by atoms with Crippen LogP contribution in [0.15, 0.2) is 90.0 Å². The number of halogens is 1. The Kier molecular flexibility index (Phi) is 7.77. The fraction of sp³-hybridized carbons (Fsp3) is 0.300. The normalized spacial score (nSPS) is 14.9. The van der Waals surface area contributed by atoms with Gasteiger partial charge in [0, 0.05) is 38.3 Å². The molecule has 7 nitrogen and oxygen atoms in total. The van der Waals surface area contributed by atoms with Crippen LogP contribution in [-0.2, 0) is 24.4 Å². The van der Waals surface area contributed by atoms with Gasteiger partial charge >= 0.3 is 6.03 Å². The number of hydrogen-bond acceptors (Lipinski definition) is 4. The molecule has 0 spiro atoms. The fourth-order valence-corrected chi connectivity index (χ4v) is 5.25. The van der Waals surface area contributed by atoms with Gasteiger partial charge < -0.3 is 14.5 Å². The Morgan fingerprint density at radius 1 is 0.974 bits per heavy atom. The molecule has 1 aromatic heterocycles. The molecule has 38 heavy (non-hydrogen) atoms. The van der Waals surface area contributed by atoms with E-state index in [0.29, 0.717) is 61.5 Å². The van der Waals surface area contributed by atoms with Crippen LogP contribution in [0.5, 0.6) is 0 Å². The molecular weight excluding hydrogens is 500 g/mol. The van der Waals surface area contributed by atoms with E-state index in [2.05, 4.69) is 4.98 Å². The number of urea groups is 1. The molecule has 0 saturated carbocycles. The maximum Gasteiger partial charge on any atom is 0.320 e. The zero-order chi connectivity index (χ0) is 26.5. The molecule has 4 aromatic rings. The van der Waals surface area contributed by atoms with Crippen molar-refractivity contribution in [1.82, 2.24) is 19.4 Å². The number of rotatable bonds is 7. The number of methoxy groups -OCH3 is 1. The number of hydrogen-bond donors (Lipinski definition) is 0. The van der Waals surface area contributed by atoms with Crippen LogP contribution in [0.25, 0.3) is 10.9 Å². The van der Waals surface area contributed by atoms with Crippen LogP contribution in [0.3, 0.4) is 0 Å². The molecule has 0 bridgehead atoms. The van der Waals surface area contributed by atoms with E-state index < -0.39 is 5.60 Å². The summed E-state index contributed by atoms with van der Waals surface area (Å²) in [6.07, 6.45) is 2.79. The van der Waals surface area contributed by atoms with E-state index in [0.717, 1.165) is 11.1 Å². The van der Waals surface area contributed by atoms with Crippen LogP contribution in [0, 0.1) is 0 Å². The van der Waals surface area contributed by atoms with Crippen molar-refractivity contribution in [3.05, 3.63) is 112 Å². The molecule has 0 radical (unpaired) electrons. The van der Waals surface area contributed by atoms with E-state index in [1.165, 1.54) is 0 Å². The highest BCUT2D eigenvalue weighted by molar-refractivity contribution is 6.31. The number of amides is 2. The molecule has 2 heterocycles. The van der Waals surface area contributed by atoms with Crippen LogP contribution in [0.4, 0.5) is 4.79 Å². The number of likely N-dealkylation sites (tertiary alicyclic amines) is 1. The number of carbonyl (C=O) groups is 1. The van der Waals surface area contributed by atoms with Crippen molar-refractivity contribution in [2.45, 2.75) is 38.1 Å². The summed E-state index contributed by atoms with van der Waals surface area (Å²) >= 11 is 6.06. The lowest BCUT2D eigenvalue weighted by Gasteiger charge is -2.42. The minimum Gasteiger partial charge on any atom is -0.376 e. The molecule has 0 aliphatic carbocycles. The second-order valence-corrected chi connectivity index (χ2v) is 10.3. The highest BCUT2D eigenvalue weighted by Crippen LogP contribution is 2.29. The second kappa shape index (κ2) is 11.4. The largest absolute Gasteiger partial charge is 0.376 e. The lowest BCUT2D eigenvalue weighted by Crippen LogP contribution is -2.53. The first-order valence-electron chi connectivity index (χ1n) is 12.8. The number of fused-ring (bicyclic) bond motifs is 1. The molecule has 3 aromatic carbocycles. The van der Waals surface area contributed by atoms with Gasteiger partial charge in [0.15, 0.2) is 0 Å². The average molecular weight is 531 g/mol. The maximum absolute atomic E-state index is 13.7. The van der Waals surface area contributed by atoms with Crippen LogP contribution in [0.2, 0.25) is 5.02 Å². The number of carbonyl (C=O) groups excluding carboxylic acids is 1. The van der Waals surface area contributed by atoms with Crippen molar-refractivity contribution < 1.29 is 9.53 Å². The van der Waals surface area contributed by atoms with Gasteiger partial charge in [0.05, 0.1) is 29.4 Å². The third-order valence-electron chi connectivity index (χ3n) is 7.33. The van der Waals surface area contributed by atoms with Gasteiger partial charge in [-0.05, 0) is 42.2 Å². The van der Waals surface area contributed by atoms with E-state index >= 15 is 0 Å². The van der Waals surface area contributed by atoms with Crippen molar-refractivity contribution >= 4 is 28.5 Å². The molecule has 5 rings (SSSR count). The van der Waals surface area contributed by atoms with Crippen molar-refractivity contribution in [2.75, 3.05) is 20.2 Å². The van der Waals surface area contributed by atoms with Crippen molar-refractivity contribution in [2.24, 2.45) is 0 Å². The third kappa shape index (κ3) is 5.74. The Bertz CT molecular complexity index is 1410. The van der Waals surface area contributed by atoms with Gasteiger partial charge in [-0.1, -0.05) is 72.3 Å². The molecule has 0 atom stereocenters. The zero-order valence-electron chi connectivity index (χ0n) is 21.4. The summed E-state index contributed by atoms with van der Waals surface area (Å²) in [5.41, 5.74) is 2.06. The van der Waals surface area contributed by atoms with Crippen LogP contribution in [0.1, 0.15) is 24.0 Å². The summed E-state index contributed by atoms with van der Waals surface area (Å²) in [6, 6.07) is 25.2. The number of ether oxygens (including phenoxy) is 1. The predicted molar refractivity (Wildman–Crippen MR) is 149 cm³/mol. The molecule has 1 saturated heterocycles.